The minimum Gasteiger partial charge on any atom is -0.420 e. The Morgan fingerprint density at radius 2 is 1.94 bits per heavy atom. The predicted molar refractivity (Wildman–Crippen MR) is 121 cm³/mol. The van der Waals surface area contributed by atoms with Crippen LogP contribution >= 0.6 is 39.3 Å². The highest BCUT2D eigenvalue weighted by atomic mass is 79.9. The van der Waals surface area contributed by atoms with E-state index in [1.165, 1.54) is 40.9 Å². The summed E-state index contributed by atoms with van der Waals surface area (Å²) < 4.78 is 30.5. The van der Waals surface area contributed by atoms with E-state index in [9.17, 15) is 18.4 Å². The van der Waals surface area contributed by atoms with E-state index in [1.54, 1.807) is 12.1 Å². The Kier molecular flexibility index (Phi) is 7.55. The second-order valence-electron chi connectivity index (χ2n) is 6.38. The molecule has 3 rings (SSSR count). The van der Waals surface area contributed by atoms with Crippen LogP contribution in [0.3, 0.4) is 0 Å². The number of rotatable bonds is 6. The summed E-state index contributed by atoms with van der Waals surface area (Å²) in [6.07, 6.45) is 0.0172. The molecule has 1 fully saturated rings. The van der Waals surface area contributed by atoms with E-state index in [-0.39, 0.29) is 18.1 Å². The molecule has 0 aliphatic carbocycles. The first kappa shape index (κ1) is 23.5. The van der Waals surface area contributed by atoms with E-state index in [0.29, 0.717) is 23.1 Å². The third kappa shape index (κ3) is 6.65. The SMILES string of the molecule is CCN1C(=O)C[C@@H](C(=O)Nc2ccc(OC(F)(F)Cl)cc2)SC1=Nc1ccc(Br)cc1. The molecule has 1 aliphatic heterocycles. The number of thioether (sulfide) groups is 1. The van der Waals surface area contributed by atoms with E-state index in [2.05, 4.69) is 31.0 Å². The number of carbonyl (C=O) groups excluding carboxylic acids is 2. The minimum atomic E-state index is -3.82. The van der Waals surface area contributed by atoms with Crippen LogP contribution in [-0.2, 0) is 9.59 Å². The molecule has 0 radical (unpaired) electrons. The first-order valence-electron chi connectivity index (χ1n) is 9.12. The average molecular weight is 533 g/mol. The number of alkyl halides is 3. The van der Waals surface area contributed by atoms with E-state index < -0.39 is 16.7 Å². The molecule has 1 aliphatic rings. The van der Waals surface area contributed by atoms with Crippen molar-refractivity contribution in [2.24, 2.45) is 4.99 Å². The van der Waals surface area contributed by atoms with Gasteiger partial charge in [0.05, 0.1) is 5.69 Å². The summed E-state index contributed by atoms with van der Waals surface area (Å²) >= 11 is 9.29. The molecule has 1 heterocycles. The lowest BCUT2D eigenvalue weighted by Gasteiger charge is -2.30. The number of amidine groups is 1. The third-order valence-corrected chi connectivity index (χ3v) is 5.95. The van der Waals surface area contributed by atoms with Crippen LogP contribution < -0.4 is 10.1 Å². The lowest BCUT2D eigenvalue weighted by atomic mass is 10.2. The molecule has 1 atom stereocenters. The zero-order valence-corrected chi connectivity index (χ0v) is 19.3. The maximum absolute atomic E-state index is 12.7. The van der Waals surface area contributed by atoms with Gasteiger partial charge in [-0.3, -0.25) is 14.5 Å². The van der Waals surface area contributed by atoms with Gasteiger partial charge >= 0.3 is 5.57 Å². The van der Waals surface area contributed by atoms with Crippen molar-refractivity contribution >= 4 is 67.6 Å². The first-order chi connectivity index (χ1) is 14.6. The number of aliphatic imine (C=N–C) groups is 1. The van der Waals surface area contributed by atoms with Crippen molar-refractivity contribution in [2.75, 3.05) is 11.9 Å². The molecule has 164 valence electrons. The topological polar surface area (TPSA) is 71.0 Å². The number of ether oxygens (including phenoxy) is 1. The van der Waals surface area contributed by atoms with Crippen LogP contribution in [0.2, 0.25) is 0 Å². The molecule has 2 aromatic rings. The lowest BCUT2D eigenvalue weighted by molar-refractivity contribution is -0.129. The van der Waals surface area contributed by atoms with Crippen molar-refractivity contribution in [3.8, 4) is 5.75 Å². The van der Waals surface area contributed by atoms with E-state index in [0.717, 1.165) is 4.47 Å². The Hall–Kier alpha value is -2.17. The van der Waals surface area contributed by atoms with Crippen molar-refractivity contribution in [3.63, 3.8) is 0 Å². The monoisotopic (exact) mass is 531 g/mol. The Morgan fingerprint density at radius 3 is 2.52 bits per heavy atom. The standard InChI is InChI=1S/C20H17BrClF2N3O3S/c1-2-27-17(28)11-16(31-19(27)26-14-5-3-12(21)4-6-14)18(29)25-13-7-9-15(10-8-13)30-20(22,23)24/h3-10,16H,2,11H2,1H3,(H,25,29)/t16-/m0/s1. The van der Waals surface area contributed by atoms with Gasteiger partial charge in [0.15, 0.2) is 5.17 Å². The number of hydrogen-bond donors (Lipinski definition) is 1. The fraction of sp³-hybridized carbons (Fsp3) is 0.250. The Labute approximate surface area is 195 Å². The summed E-state index contributed by atoms with van der Waals surface area (Å²) in [6, 6.07) is 12.6. The molecule has 2 aromatic carbocycles. The van der Waals surface area contributed by atoms with Gasteiger partial charge in [-0.2, -0.15) is 0 Å². The number of amides is 2. The first-order valence-corrected chi connectivity index (χ1v) is 11.2. The highest BCUT2D eigenvalue weighted by molar-refractivity contribution is 9.10. The minimum absolute atomic E-state index is 0.0172. The number of carbonyl (C=O) groups is 2. The van der Waals surface area contributed by atoms with Gasteiger partial charge in [-0.25, -0.2) is 4.99 Å². The molecule has 11 heteroatoms. The zero-order chi connectivity index (χ0) is 22.6. The Balaban J connectivity index is 1.72. The van der Waals surface area contributed by atoms with Crippen molar-refractivity contribution in [3.05, 3.63) is 53.0 Å². The zero-order valence-electron chi connectivity index (χ0n) is 16.1. The molecule has 1 saturated heterocycles. The summed E-state index contributed by atoms with van der Waals surface area (Å²) in [6.45, 7) is 2.27. The van der Waals surface area contributed by atoms with Gasteiger partial charge in [0, 0.05) is 34.7 Å². The van der Waals surface area contributed by atoms with Crippen LogP contribution in [0.25, 0.3) is 0 Å². The second-order valence-corrected chi connectivity index (χ2v) is 8.91. The fourth-order valence-electron chi connectivity index (χ4n) is 2.74. The highest BCUT2D eigenvalue weighted by Crippen LogP contribution is 2.31. The van der Waals surface area contributed by atoms with Crippen LogP contribution in [0.1, 0.15) is 13.3 Å². The number of nitrogens with zero attached hydrogens (tertiary/aromatic N) is 2. The van der Waals surface area contributed by atoms with Crippen molar-refractivity contribution < 1.29 is 23.1 Å². The molecule has 31 heavy (non-hydrogen) atoms. The maximum atomic E-state index is 12.7. The summed E-state index contributed by atoms with van der Waals surface area (Å²) in [7, 11) is 0. The van der Waals surface area contributed by atoms with Crippen molar-refractivity contribution in [2.45, 2.75) is 24.2 Å². The molecule has 0 spiro atoms. The highest BCUT2D eigenvalue weighted by Gasteiger charge is 2.35. The van der Waals surface area contributed by atoms with Gasteiger partial charge in [0.2, 0.25) is 11.8 Å². The van der Waals surface area contributed by atoms with Crippen LogP contribution in [0.4, 0.5) is 20.2 Å². The van der Waals surface area contributed by atoms with Crippen LogP contribution in [0, 0.1) is 0 Å². The van der Waals surface area contributed by atoms with Crippen LogP contribution in [-0.4, -0.2) is 39.2 Å². The molecule has 2 amide bonds. The summed E-state index contributed by atoms with van der Waals surface area (Å²) in [5, 5.41) is 2.43. The average Bonchev–Trinajstić information content (AvgIpc) is 2.70. The molecule has 0 aromatic heterocycles. The maximum Gasteiger partial charge on any atom is 0.487 e. The fourth-order valence-corrected chi connectivity index (χ4v) is 4.26. The van der Waals surface area contributed by atoms with E-state index in [1.807, 2.05) is 19.1 Å². The van der Waals surface area contributed by atoms with Crippen molar-refractivity contribution in [1.29, 1.82) is 0 Å². The number of nitrogens with one attached hydrogen (secondary N) is 1. The number of anilines is 1. The number of hydrogen-bond acceptors (Lipinski definition) is 5. The normalized spacial score (nSPS) is 18.2. The van der Waals surface area contributed by atoms with E-state index >= 15 is 0 Å². The Bertz CT molecular complexity index is 985. The van der Waals surface area contributed by atoms with Crippen LogP contribution in [0.15, 0.2) is 58.0 Å². The summed E-state index contributed by atoms with van der Waals surface area (Å²) in [5.74, 6) is -0.748. The van der Waals surface area contributed by atoms with Gasteiger partial charge < -0.3 is 10.1 Å². The van der Waals surface area contributed by atoms with Gasteiger partial charge in [0.25, 0.3) is 0 Å². The smallest absolute Gasteiger partial charge is 0.420 e. The van der Waals surface area contributed by atoms with Gasteiger partial charge in [-0.15, -0.1) is 8.78 Å². The summed E-state index contributed by atoms with van der Waals surface area (Å²) in [5.41, 5.74) is -2.79. The molecule has 0 saturated carbocycles. The summed E-state index contributed by atoms with van der Waals surface area (Å²) in [4.78, 5) is 31.4. The lowest BCUT2D eigenvalue weighted by Crippen LogP contribution is -2.45. The number of benzene rings is 2. The molecular formula is C20H17BrClF2N3O3S. The van der Waals surface area contributed by atoms with Gasteiger partial charge in [-0.05, 0) is 55.5 Å². The number of halogens is 4. The second kappa shape index (κ2) is 9.97. The predicted octanol–water partition coefficient (Wildman–Crippen LogP) is 5.60. The third-order valence-electron chi connectivity index (χ3n) is 4.16. The molecule has 1 N–H and O–H groups in total. The largest absolute Gasteiger partial charge is 0.487 e. The molecule has 0 bridgehead atoms. The molecular weight excluding hydrogens is 516 g/mol. The van der Waals surface area contributed by atoms with Gasteiger partial charge in [-0.1, -0.05) is 27.7 Å². The Morgan fingerprint density at radius 1 is 1.29 bits per heavy atom. The van der Waals surface area contributed by atoms with Crippen molar-refractivity contribution in [1.82, 2.24) is 4.90 Å². The van der Waals surface area contributed by atoms with E-state index in [4.69, 9.17) is 11.6 Å². The van der Waals surface area contributed by atoms with Crippen LogP contribution in [0.5, 0.6) is 5.75 Å². The molecule has 6 nitrogen and oxygen atoms in total. The molecule has 0 unspecified atom stereocenters. The van der Waals surface area contributed by atoms with Gasteiger partial charge in [0.1, 0.15) is 11.0 Å². The quantitative estimate of drug-likeness (QED) is 0.492.